The van der Waals surface area contributed by atoms with Gasteiger partial charge in [0, 0.05) is 0 Å². The fourth-order valence-corrected chi connectivity index (χ4v) is 2.03. The molecule has 0 rings (SSSR count). The second kappa shape index (κ2) is 8.60. The maximum atomic E-state index is 11.0. The summed E-state index contributed by atoms with van der Waals surface area (Å²) in [4.78, 5) is 11.0. The van der Waals surface area contributed by atoms with Gasteiger partial charge in [0.2, 0.25) is 0 Å². The summed E-state index contributed by atoms with van der Waals surface area (Å²) >= 11 is 0. The van der Waals surface area contributed by atoms with Gasteiger partial charge in [-0.2, -0.15) is 0 Å². The van der Waals surface area contributed by atoms with Crippen LogP contribution in [0.25, 0.3) is 0 Å². The van der Waals surface area contributed by atoms with Crippen LogP contribution in [0.5, 0.6) is 0 Å². The minimum atomic E-state index is -0.613. The lowest BCUT2D eigenvalue weighted by Crippen LogP contribution is -2.15. The Morgan fingerprint density at radius 1 is 0.938 bits per heavy atom. The van der Waals surface area contributed by atoms with E-state index >= 15 is 0 Å². The molecule has 1 N–H and O–H groups in total. The number of carboxylic acid groups (broad SMARTS) is 1. The molecule has 0 aliphatic carbocycles. The molecular formula is C14H28O2. The van der Waals surface area contributed by atoms with E-state index in [1.54, 1.807) is 0 Å². The van der Waals surface area contributed by atoms with Crippen LogP contribution < -0.4 is 0 Å². The Morgan fingerprint density at radius 3 is 1.94 bits per heavy atom. The molecule has 0 saturated carbocycles. The van der Waals surface area contributed by atoms with Crippen LogP contribution in [0, 0.1) is 17.8 Å². The molecule has 0 aliphatic rings. The van der Waals surface area contributed by atoms with E-state index in [4.69, 9.17) is 5.11 Å². The third-order valence-corrected chi connectivity index (χ3v) is 2.94. The first-order valence-corrected chi connectivity index (χ1v) is 6.66. The molecule has 0 aliphatic heterocycles. The summed E-state index contributed by atoms with van der Waals surface area (Å²) in [5.41, 5.74) is 0. The number of hydrogen-bond donors (Lipinski definition) is 1. The smallest absolute Gasteiger partial charge is 0.306 e. The summed E-state index contributed by atoms with van der Waals surface area (Å²) in [5, 5.41) is 9.07. The molecule has 2 nitrogen and oxygen atoms in total. The highest BCUT2D eigenvalue weighted by Gasteiger charge is 2.17. The molecule has 0 heterocycles. The van der Waals surface area contributed by atoms with Gasteiger partial charge in [-0.05, 0) is 24.7 Å². The third kappa shape index (κ3) is 8.75. The Balaban J connectivity index is 3.64. The maximum Gasteiger partial charge on any atom is 0.306 e. The van der Waals surface area contributed by atoms with Gasteiger partial charge in [0.15, 0.2) is 0 Å². The van der Waals surface area contributed by atoms with E-state index in [0.29, 0.717) is 5.92 Å². The molecule has 1 atom stereocenters. The standard InChI is InChI=1S/C14H28O2/c1-11(2)8-6-5-7-9-13(14(15)16)10-12(3)4/h11-13H,5-10H2,1-4H3,(H,15,16). The van der Waals surface area contributed by atoms with E-state index in [1.165, 1.54) is 19.3 Å². The molecule has 96 valence electrons. The SMILES string of the molecule is CC(C)CCCCCC(CC(C)C)C(=O)O. The van der Waals surface area contributed by atoms with Gasteiger partial charge in [0.25, 0.3) is 0 Å². The molecular weight excluding hydrogens is 200 g/mol. The zero-order chi connectivity index (χ0) is 12.6. The number of unbranched alkanes of at least 4 members (excludes halogenated alkanes) is 2. The zero-order valence-corrected chi connectivity index (χ0v) is 11.3. The lowest BCUT2D eigenvalue weighted by Gasteiger charge is -2.14. The molecule has 16 heavy (non-hydrogen) atoms. The van der Waals surface area contributed by atoms with Crippen LogP contribution in [-0.4, -0.2) is 11.1 Å². The number of carboxylic acids is 1. The molecule has 0 fully saturated rings. The van der Waals surface area contributed by atoms with E-state index in [1.807, 2.05) is 0 Å². The van der Waals surface area contributed by atoms with Crippen molar-refractivity contribution in [1.82, 2.24) is 0 Å². The fourth-order valence-electron chi connectivity index (χ4n) is 2.03. The number of rotatable bonds is 9. The minimum absolute atomic E-state index is 0.126. The molecule has 1 unspecified atom stereocenters. The fraction of sp³-hybridized carbons (Fsp3) is 0.929. The van der Waals surface area contributed by atoms with Crippen LogP contribution in [0.4, 0.5) is 0 Å². The normalized spacial score (nSPS) is 13.4. The minimum Gasteiger partial charge on any atom is -0.481 e. The Hall–Kier alpha value is -0.530. The van der Waals surface area contributed by atoms with Crippen molar-refractivity contribution in [3.8, 4) is 0 Å². The lowest BCUT2D eigenvalue weighted by atomic mass is 9.91. The zero-order valence-electron chi connectivity index (χ0n) is 11.3. The summed E-state index contributed by atoms with van der Waals surface area (Å²) in [6.07, 6.45) is 6.43. The topological polar surface area (TPSA) is 37.3 Å². The van der Waals surface area contributed by atoms with Crippen LogP contribution >= 0.6 is 0 Å². The highest BCUT2D eigenvalue weighted by atomic mass is 16.4. The van der Waals surface area contributed by atoms with E-state index < -0.39 is 5.97 Å². The highest BCUT2D eigenvalue weighted by molar-refractivity contribution is 5.69. The second-order valence-corrected chi connectivity index (χ2v) is 5.70. The first-order valence-electron chi connectivity index (χ1n) is 6.66. The van der Waals surface area contributed by atoms with Gasteiger partial charge < -0.3 is 5.11 Å². The highest BCUT2D eigenvalue weighted by Crippen LogP contribution is 2.19. The molecule has 0 bridgehead atoms. The average Bonchev–Trinajstić information content (AvgIpc) is 2.14. The van der Waals surface area contributed by atoms with Crippen LogP contribution in [0.1, 0.15) is 66.2 Å². The van der Waals surface area contributed by atoms with Crippen molar-refractivity contribution in [2.24, 2.45) is 17.8 Å². The molecule has 2 heteroatoms. The van der Waals surface area contributed by atoms with E-state index in [-0.39, 0.29) is 5.92 Å². The van der Waals surface area contributed by atoms with Crippen molar-refractivity contribution in [3.63, 3.8) is 0 Å². The Morgan fingerprint density at radius 2 is 1.50 bits per heavy atom. The van der Waals surface area contributed by atoms with Crippen LogP contribution in [0.3, 0.4) is 0 Å². The largest absolute Gasteiger partial charge is 0.481 e. The average molecular weight is 228 g/mol. The predicted molar refractivity (Wildman–Crippen MR) is 68.5 cm³/mol. The van der Waals surface area contributed by atoms with Gasteiger partial charge in [-0.25, -0.2) is 0 Å². The van der Waals surface area contributed by atoms with E-state index in [2.05, 4.69) is 27.7 Å². The summed E-state index contributed by atoms with van der Waals surface area (Å²) in [7, 11) is 0. The third-order valence-electron chi connectivity index (χ3n) is 2.94. The summed E-state index contributed by atoms with van der Waals surface area (Å²) < 4.78 is 0. The Kier molecular flexibility index (Phi) is 8.32. The van der Waals surface area contributed by atoms with Gasteiger partial charge in [-0.15, -0.1) is 0 Å². The van der Waals surface area contributed by atoms with Gasteiger partial charge >= 0.3 is 5.97 Å². The Labute approximate surface area is 100 Å². The molecule has 0 aromatic rings. The molecule has 0 aromatic carbocycles. The van der Waals surface area contributed by atoms with Gasteiger partial charge in [0.1, 0.15) is 0 Å². The molecule has 0 spiro atoms. The Bertz CT molecular complexity index is 185. The number of aliphatic carboxylic acids is 1. The summed E-state index contributed by atoms with van der Waals surface area (Å²) in [5.74, 6) is 0.513. The molecule has 0 aromatic heterocycles. The van der Waals surface area contributed by atoms with Gasteiger partial charge in [-0.3, -0.25) is 4.79 Å². The molecule has 0 amide bonds. The van der Waals surface area contributed by atoms with Gasteiger partial charge in [-0.1, -0.05) is 53.4 Å². The molecule has 0 saturated heterocycles. The van der Waals surface area contributed by atoms with Crippen molar-refractivity contribution in [1.29, 1.82) is 0 Å². The predicted octanol–water partition coefficient (Wildman–Crippen LogP) is 4.34. The van der Waals surface area contributed by atoms with Crippen LogP contribution in [0.15, 0.2) is 0 Å². The lowest BCUT2D eigenvalue weighted by molar-refractivity contribution is -0.142. The number of carbonyl (C=O) groups is 1. The van der Waals surface area contributed by atoms with E-state index in [9.17, 15) is 4.79 Å². The maximum absolute atomic E-state index is 11.0. The van der Waals surface area contributed by atoms with Crippen molar-refractivity contribution in [3.05, 3.63) is 0 Å². The summed E-state index contributed by atoms with van der Waals surface area (Å²) in [6.45, 7) is 8.65. The van der Waals surface area contributed by atoms with Crippen molar-refractivity contribution in [2.75, 3.05) is 0 Å². The van der Waals surface area contributed by atoms with Crippen molar-refractivity contribution < 1.29 is 9.90 Å². The van der Waals surface area contributed by atoms with Crippen LogP contribution in [-0.2, 0) is 4.79 Å². The van der Waals surface area contributed by atoms with Crippen molar-refractivity contribution >= 4 is 5.97 Å². The number of hydrogen-bond acceptors (Lipinski definition) is 1. The monoisotopic (exact) mass is 228 g/mol. The second-order valence-electron chi connectivity index (χ2n) is 5.70. The first kappa shape index (κ1) is 15.5. The van der Waals surface area contributed by atoms with Crippen molar-refractivity contribution in [2.45, 2.75) is 66.2 Å². The quantitative estimate of drug-likeness (QED) is 0.596. The first-order chi connectivity index (χ1) is 7.43. The van der Waals surface area contributed by atoms with Crippen LogP contribution in [0.2, 0.25) is 0 Å². The van der Waals surface area contributed by atoms with E-state index in [0.717, 1.165) is 25.2 Å². The summed E-state index contributed by atoms with van der Waals surface area (Å²) in [6, 6.07) is 0. The van der Waals surface area contributed by atoms with Gasteiger partial charge in [0.05, 0.1) is 5.92 Å². The molecule has 0 radical (unpaired) electrons.